The largest absolute Gasteiger partial charge is 0.477 e. The first-order valence-electron chi connectivity index (χ1n) is 6.05. The van der Waals surface area contributed by atoms with E-state index < -0.39 is 0 Å². The van der Waals surface area contributed by atoms with Crippen molar-refractivity contribution < 1.29 is 9.47 Å². The van der Waals surface area contributed by atoms with E-state index in [0.717, 1.165) is 22.9 Å². The number of aromatic nitrogens is 1. The Hall–Kier alpha value is -1.65. The minimum absolute atomic E-state index is 0.416. The number of rotatable bonds is 6. The molecular formula is C14H18N2O2. The lowest BCUT2D eigenvalue weighted by Gasteiger charge is -2.10. The fourth-order valence-corrected chi connectivity index (χ4v) is 1.81. The summed E-state index contributed by atoms with van der Waals surface area (Å²) < 4.78 is 10.7. The van der Waals surface area contributed by atoms with Crippen LogP contribution in [0.25, 0.3) is 10.8 Å². The minimum Gasteiger partial charge on any atom is -0.477 e. The molecule has 0 saturated heterocycles. The molecule has 18 heavy (non-hydrogen) atoms. The van der Waals surface area contributed by atoms with Crippen LogP contribution in [0.3, 0.4) is 0 Å². The summed E-state index contributed by atoms with van der Waals surface area (Å²) in [5.74, 6) is 0.657. The van der Waals surface area contributed by atoms with E-state index in [-0.39, 0.29) is 0 Å². The maximum Gasteiger partial charge on any atom is 0.221 e. The van der Waals surface area contributed by atoms with Crippen LogP contribution in [0.5, 0.6) is 5.88 Å². The molecule has 4 nitrogen and oxygen atoms in total. The zero-order valence-corrected chi connectivity index (χ0v) is 10.6. The van der Waals surface area contributed by atoms with Gasteiger partial charge in [0.2, 0.25) is 5.88 Å². The van der Waals surface area contributed by atoms with E-state index in [0.29, 0.717) is 25.6 Å². The van der Waals surface area contributed by atoms with Crippen LogP contribution in [0.15, 0.2) is 30.3 Å². The molecule has 0 spiro atoms. The highest BCUT2D eigenvalue weighted by Crippen LogP contribution is 2.24. The summed E-state index contributed by atoms with van der Waals surface area (Å²) in [7, 11) is 1.68. The lowest BCUT2D eigenvalue weighted by molar-refractivity contribution is 0.171. The highest BCUT2D eigenvalue weighted by Gasteiger charge is 2.06. The van der Waals surface area contributed by atoms with Crippen molar-refractivity contribution in [3.05, 3.63) is 36.0 Å². The predicted molar refractivity (Wildman–Crippen MR) is 71.6 cm³/mol. The van der Waals surface area contributed by atoms with Crippen LogP contribution in [-0.2, 0) is 11.3 Å². The van der Waals surface area contributed by atoms with Crippen molar-refractivity contribution in [1.29, 1.82) is 0 Å². The van der Waals surface area contributed by atoms with Crippen molar-refractivity contribution >= 4 is 10.8 Å². The summed E-state index contributed by atoms with van der Waals surface area (Å²) in [6.07, 6.45) is 0.847. The van der Waals surface area contributed by atoms with Crippen LogP contribution in [0, 0.1) is 0 Å². The molecule has 0 aliphatic heterocycles. The van der Waals surface area contributed by atoms with Gasteiger partial charge in [-0.3, -0.25) is 0 Å². The lowest BCUT2D eigenvalue weighted by Crippen LogP contribution is -2.06. The first kappa shape index (κ1) is 12.8. The molecule has 1 aromatic heterocycles. The van der Waals surface area contributed by atoms with Crippen molar-refractivity contribution in [3.63, 3.8) is 0 Å². The van der Waals surface area contributed by atoms with E-state index >= 15 is 0 Å². The van der Waals surface area contributed by atoms with Crippen molar-refractivity contribution in [1.82, 2.24) is 4.98 Å². The second kappa shape index (κ2) is 6.33. The average molecular weight is 246 g/mol. The van der Waals surface area contributed by atoms with Gasteiger partial charge in [0, 0.05) is 32.1 Å². The van der Waals surface area contributed by atoms with Gasteiger partial charge in [0.1, 0.15) is 0 Å². The average Bonchev–Trinajstić information content (AvgIpc) is 2.43. The molecule has 0 radical (unpaired) electrons. The smallest absolute Gasteiger partial charge is 0.221 e. The molecule has 0 saturated carbocycles. The number of fused-ring (bicyclic) bond motifs is 1. The molecule has 4 heteroatoms. The minimum atomic E-state index is 0.416. The van der Waals surface area contributed by atoms with Crippen LogP contribution < -0.4 is 10.5 Å². The highest BCUT2D eigenvalue weighted by molar-refractivity contribution is 5.87. The molecule has 0 unspecified atom stereocenters. The van der Waals surface area contributed by atoms with Gasteiger partial charge >= 0.3 is 0 Å². The van der Waals surface area contributed by atoms with Crippen LogP contribution in [0.4, 0.5) is 0 Å². The summed E-state index contributed by atoms with van der Waals surface area (Å²) in [5.41, 5.74) is 6.49. The Morgan fingerprint density at radius 2 is 2.06 bits per heavy atom. The topological polar surface area (TPSA) is 57.4 Å². The van der Waals surface area contributed by atoms with Gasteiger partial charge in [-0.1, -0.05) is 18.2 Å². The van der Waals surface area contributed by atoms with Crippen molar-refractivity contribution in [3.8, 4) is 5.88 Å². The van der Waals surface area contributed by atoms with E-state index in [1.165, 1.54) is 0 Å². The summed E-state index contributed by atoms with van der Waals surface area (Å²) in [4.78, 5) is 4.43. The van der Waals surface area contributed by atoms with E-state index in [1.807, 2.05) is 30.3 Å². The van der Waals surface area contributed by atoms with Gasteiger partial charge in [-0.05, 0) is 17.5 Å². The van der Waals surface area contributed by atoms with Crippen LogP contribution in [0.1, 0.15) is 12.1 Å². The Balaban J connectivity index is 2.23. The van der Waals surface area contributed by atoms with Crippen LogP contribution >= 0.6 is 0 Å². The molecule has 2 N–H and O–H groups in total. The number of methoxy groups -OCH3 is 1. The molecule has 2 aromatic rings. The third-order valence-corrected chi connectivity index (χ3v) is 2.70. The molecule has 0 atom stereocenters. The number of nitrogens with zero attached hydrogens (tertiary/aromatic N) is 1. The number of hydrogen-bond donors (Lipinski definition) is 1. The molecule has 1 aromatic carbocycles. The Kier molecular flexibility index (Phi) is 4.50. The zero-order chi connectivity index (χ0) is 12.8. The number of ether oxygens (including phenoxy) is 2. The second-order valence-electron chi connectivity index (χ2n) is 4.04. The molecule has 0 amide bonds. The summed E-state index contributed by atoms with van der Waals surface area (Å²) >= 11 is 0. The van der Waals surface area contributed by atoms with E-state index in [4.69, 9.17) is 15.2 Å². The highest BCUT2D eigenvalue weighted by atomic mass is 16.5. The van der Waals surface area contributed by atoms with E-state index in [1.54, 1.807) is 7.11 Å². The molecule has 0 aliphatic carbocycles. The fraction of sp³-hybridized carbons (Fsp3) is 0.357. The Labute approximate surface area is 107 Å². The summed E-state index contributed by atoms with van der Waals surface area (Å²) in [6.45, 7) is 1.70. The van der Waals surface area contributed by atoms with Gasteiger partial charge in [-0.15, -0.1) is 0 Å². The Morgan fingerprint density at radius 3 is 2.83 bits per heavy atom. The molecule has 96 valence electrons. The monoisotopic (exact) mass is 246 g/mol. The number of pyridine rings is 1. The first-order valence-corrected chi connectivity index (χ1v) is 6.05. The van der Waals surface area contributed by atoms with Gasteiger partial charge in [0.05, 0.1) is 12.3 Å². The maximum atomic E-state index is 5.72. The predicted octanol–water partition coefficient (Wildman–Crippen LogP) is 2.11. The standard InChI is InChI=1S/C14H18N2O2/c1-17-7-4-8-18-14-13-6-3-2-5-11(13)9-12(10-15)16-14/h2-3,5-6,9H,4,7-8,10,15H2,1H3. The molecular weight excluding hydrogens is 228 g/mol. The maximum absolute atomic E-state index is 5.72. The van der Waals surface area contributed by atoms with Crippen LogP contribution in [-0.4, -0.2) is 25.3 Å². The molecule has 0 bridgehead atoms. The Bertz CT molecular complexity index is 514. The van der Waals surface area contributed by atoms with Gasteiger partial charge in [0.25, 0.3) is 0 Å². The third kappa shape index (κ3) is 2.97. The van der Waals surface area contributed by atoms with E-state index in [9.17, 15) is 0 Å². The third-order valence-electron chi connectivity index (χ3n) is 2.70. The molecule has 0 aliphatic rings. The van der Waals surface area contributed by atoms with Gasteiger partial charge in [0.15, 0.2) is 0 Å². The van der Waals surface area contributed by atoms with Crippen molar-refractivity contribution in [2.24, 2.45) is 5.73 Å². The lowest BCUT2D eigenvalue weighted by atomic mass is 10.1. The van der Waals surface area contributed by atoms with Gasteiger partial charge in [-0.2, -0.15) is 0 Å². The number of nitrogens with two attached hydrogens (primary N) is 1. The van der Waals surface area contributed by atoms with Crippen LogP contribution in [0.2, 0.25) is 0 Å². The summed E-state index contributed by atoms with van der Waals surface area (Å²) in [5, 5.41) is 2.13. The molecule has 0 fully saturated rings. The zero-order valence-electron chi connectivity index (χ0n) is 10.6. The van der Waals surface area contributed by atoms with E-state index in [2.05, 4.69) is 4.98 Å². The Morgan fingerprint density at radius 1 is 1.22 bits per heavy atom. The summed E-state index contributed by atoms with van der Waals surface area (Å²) in [6, 6.07) is 10.0. The fourth-order valence-electron chi connectivity index (χ4n) is 1.81. The second-order valence-corrected chi connectivity index (χ2v) is 4.04. The number of benzene rings is 1. The molecule has 1 heterocycles. The van der Waals surface area contributed by atoms with Gasteiger partial charge < -0.3 is 15.2 Å². The van der Waals surface area contributed by atoms with Crippen molar-refractivity contribution in [2.45, 2.75) is 13.0 Å². The van der Waals surface area contributed by atoms with Crippen molar-refractivity contribution in [2.75, 3.05) is 20.3 Å². The quantitative estimate of drug-likeness (QED) is 0.793. The number of hydrogen-bond acceptors (Lipinski definition) is 4. The SMILES string of the molecule is COCCCOc1nc(CN)cc2ccccc12. The molecule has 2 rings (SSSR count). The normalized spacial score (nSPS) is 10.8. The van der Waals surface area contributed by atoms with Gasteiger partial charge in [-0.25, -0.2) is 4.98 Å². The first-order chi connectivity index (χ1) is 8.85.